The summed E-state index contributed by atoms with van der Waals surface area (Å²) in [5.74, 6) is -0.488. The standard InChI is InChI=1S/C27H35N5O7S/c1-16-8-7-9-17(12-16)19-14-22-28-11-10-21(32(22)30-19)29-20-13-18(23-24(20)38-27(5,6)37-23)15-36-40(34,35)31-25(33)39-26(2,3)4/h7-12,14,18,20,23-24,29H,13,15H2,1-6H3,(H,31,33)/t18-,20-,23-,24+/m1/s1. The van der Waals surface area contributed by atoms with E-state index < -0.39 is 33.9 Å². The van der Waals surface area contributed by atoms with Crippen LogP contribution in [0.25, 0.3) is 16.9 Å². The number of aromatic nitrogens is 3. The van der Waals surface area contributed by atoms with E-state index in [4.69, 9.17) is 23.5 Å². The number of nitrogens with one attached hydrogen (secondary N) is 2. The lowest BCUT2D eigenvalue weighted by molar-refractivity contribution is -0.158. The molecule has 5 rings (SSSR count). The molecule has 13 heteroatoms. The van der Waals surface area contributed by atoms with Crippen molar-refractivity contribution in [2.45, 2.75) is 77.6 Å². The van der Waals surface area contributed by atoms with Crippen molar-refractivity contribution in [1.29, 1.82) is 0 Å². The predicted octanol–water partition coefficient (Wildman–Crippen LogP) is 3.81. The lowest BCUT2D eigenvalue weighted by Gasteiger charge is -2.24. The van der Waals surface area contributed by atoms with Crippen LogP contribution < -0.4 is 10.0 Å². The van der Waals surface area contributed by atoms with Crippen LogP contribution in [0.5, 0.6) is 0 Å². The molecule has 1 saturated carbocycles. The van der Waals surface area contributed by atoms with E-state index in [1.54, 1.807) is 36.2 Å². The van der Waals surface area contributed by atoms with Crippen LogP contribution >= 0.6 is 0 Å². The van der Waals surface area contributed by atoms with Gasteiger partial charge in [0.05, 0.1) is 24.4 Å². The van der Waals surface area contributed by atoms with Gasteiger partial charge in [-0.15, -0.1) is 0 Å². The first-order chi connectivity index (χ1) is 18.7. The molecular weight excluding hydrogens is 538 g/mol. The summed E-state index contributed by atoms with van der Waals surface area (Å²) in [5.41, 5.74) is 2.75. The van der Waals surface area contributed by atoms with Gasteiger partial charge in [-0.05, 0) is 60.1 Å². The minimum Gasteiger partial charge on any atom is -0.443 e. The summed E-state index contributed by atoms with van der Waals surface area (Å²) in [6.07, 6.45) is 0.284. The minimum absolute atomic E-state index is 0.206. The van der Waals surface area contributed by atoms with Crippen LogP contribution in [0.3, 0.4) is 0 Å². The first-order valence-electron chi connectivity index (χ1n) is 13.1. The van der Waals surface area contributed by atoms with E-state index in [0.29, 0.717) is 17.9 Å². The Morgan fingerprint density at radius 1 is 1.18 bits per heavy atom. The Labute approximate surface area is 233 Å². The Morgan fingerprint density at radius 2 is 1.93 bits per heavy atom. The van der Waals surface area contributed by atoms with Gasteiger partial charge < -0.3 is 19.5 Å². The molecule has 1 amide bonds. The smallest absolute Gasteiger partial charge is 0.423 e. The van der Waals surface area contributed by atoms with E-state index in [-0.39, 0.29) is 24.7 Å². The van der Waals surface area contributed by atoms with Crippen LogP contribution in [0.4, 0.5) is 10.6 Å². The van der Waals surface area contributed by atoms with Crippen LogP contribution in [0, 0.1) is 12.8 Å². The number of carbonyl (C=O) groups excluding carboxylic acids is 1. The van der Waals surface area contributed by atoms with E-state index in [1.807, 2.05) is 51.1 Å². The van der Waals surface area contributed by atoms with E-state index in [9.17, 15) is 13.2 Å². The summed E-state index contributed by atoms with van der Waals surface area (Å²) < 4.78 is 50.9. The maximum Gasteiger partial charge on any atom is 0.423 e. The second-order valence-electron chi connectivity index (χ2n) is 11.7. The van der Waals surface area contributed by atoms with Crippen molar-refractivity contribution in [3.8, 4) is 11.3 Å². The summed E-state index contributed by atoms with van der Waals surface area (Å²) in [7, 11) is -4.39. The molecule has 2 N–H and O–H groups in total. The quantitative estimate of drug-likeness (QED) is 0.428. The third-order valence-corrected chi connectivity index (χ3v) is 7.49. The number of aryl methyl sites for hydroxylation is 1. The minimum atomic E-state index is -4.39. The highest BCUT2D eigenvalue weighted by Gasteiger charge is 2.54. The highest BCUT2D eigenvalue weighted by Crippen LogP contribution is 2.43. The van der Waals surface area contributed by atoms with Crippen LogP contribution in [-0.2, 0) is 28.7 Å². The number of hydrogen-bond acceptors (Lipinski definition) is 10. The van der Waals surface area contributed by atoms with Crippen molar-refractivity contribution in [3.63, 3.8) is 0 Å². The molecule has 1 aliphatic carbocycles. The zero-order valence-corrected chi connectivity index (χ0v) is 24.2. The number of ether oxygens (including phenoxy) is 3. The molecule has 2 fully saturated rings. The van der Waals surface area contributed by atoms with Gasteiger partial charge in [-0.25, -0.2) is 9.78 Å². The number of hydrogen-bond donors (Lipinski definition) is 2. The van der Waals surface area contributed by atoms with E-state index in [0.717, 1.165) is 16.8 Å². The molecule has 0 radical (unpaired) electrons. The van der Waals surface area contributed by atoms with Crippen LogP contribution in [0.15, 0.2) is 42.6 Å². The topological polar surface area (TPSA) is 142 Å². The molecule has 1 aromatic carbocycles. The lowest BCUT2D eigenvalue weighted by atomic mass is 10.1. The van der Waals surface area contributed by atoms with Crippen LogP contribution in [-0.4, -0.2) is 65.4 Å². The summed E-state index contributed by atoms with van der Waals surface area (Å²) in [5, 5.41) is 8.30. The van der Waals surface area contributed by atoms with Crippen molar-refractivity contribution in [2.24, 2.45) is 5.92 Å². The van der Waals surface area contributed by atoms with Gasteiger partial charge in [0.25, 0.3) is 0 Å². The van der Waals surface area contributed by atoms with Gasteiger partial charge in [0, 0.05) is 23.7 Å². The Balaban J connectivity index is 1.32. The van der Waals surface area contributed by atoms with E-state index >= 15 is 0 Å². The molecule has 3 aromatic rings. The predicted molar refractivity (Wildman–Crippen MR) is 147 cm³/mol. The average Bonchev–Trinajstić information content (AvgIpc) is 3.48. The van der Waals surface area contributed by atoms with Crippen molar-refractivity contribution in [3.05, 3.63) is 48.2 Å². The van der Waals surface area contributed by atoms with Gasteiger partial charge in [-0.2, -0.15) is 22.8 Å². The zero-order valence-electron chi connectivity index (χ0n) is 23.4. The first kappa shape index (κ1) is 28.3. The maximum atomic E-state index is 12.4. The summed E-state index contributed by atoms with van der Waals surface area (Å²) in [6.45, 7) is 10.4. The molecule has 0 spiro atoms. The fourth-order valence-electron chi connectivity index (χ4n) is 5.14. The number of carbonyl (C=O) groups is 1. The van der Waals surface area contributed by atoms with E-state index in [1.165, 1.54) is 0 Å². The SMILES string of the molecule is Cc1cccc(-c2cc3nccc(N[C@@H]4C[C@H](COS(=O)(=O)NC(=O)OC(C)(C)C)[C@H]5OC(C)(C)O[C@H]54)n3n2)c1. The Hall–Kier alpha value is -3.26. The molecule has 0 bridgehead atoms. The van der Waals surface area contributed by atoms with Gasteiger partial charge in [-0.3, -0.25) is 4.18 Å². The molecule has 2 aromatic heterocycles. The Bertz CT molecular complexity index is 1510. The third-order valence-electron chi connectivity index (χ3n) is 6.63. The molecule has 3 heterocycles. The molecule has 216 valence electrons. The van der Waals surface area contributed by atoms with Crippen molar-refractivity contribution < 1.29 is 31.6 Å². The zero-order chi connectivity index (χ0) is 28.9. The summed E-state index contributed by atoms with van der Waals surface area (Å²) in [4.78, 5) is 16.4. The number of anilines is 1. The lowest BCUT2D eigenvalue weighted by Crippen LogP contribution is -2.38. The number of amides is 1. The fourth-order valence-corrected chi connectivity index (χ4v) is 5.80. The average molecular weight is 574 g/mol. The van der Waals surface area contributed by atoms with Crippen molar-refractivity contribution >= 4 is 27.9 Å². The summed E-state index contributed by atoms with van der Waals surface area (Å²) in [6, 6.07) is 11.6. The Morgan fingerprint density at radius 3 is 2.65 bits per heavy atom. The van der Waals surface area contributed by atoms with E-state index in [2.05, 4.69) is 16.4 Å². The normalized spacial score (nSPS) is 24.1. The number of benzene rings is 1. The van der Waals surface area contributed by atoms with Gasteiger partial charge >= 0.3 is 16.4 Å². The number of fused-ring (bicyclic) bond motifs is 2. The third kappa shape index (κ3) is 6.38. The molecule has 1 saturated heterocycles. The van der Waals surface area contributed by atoms with Gasteiger partial charge in [0.2, 0.25) is 0 Å². The second-order valence-corrected chi connectivity index (χ2v) is 13.0. The maximum absolute atomic E-state index is 12.4. The highest BCUT2D eigenvalue weighted by atomic mass is 32.2. The van der Waals surface area contributed by atoms with Crippen LogP contribution in [0.1, 0.15) is 46.6 Å². The summed E-state index contributed by atoms with van der Waals surface area (Å²) >= 11 is 0. The fraction of sp³-hybridized carbons (Fsp3) is 0.519. The van der Waals surface area contributed by atoms with Gasteiger partial charge in [0.1, 0.15) is 17.5 Å². The largest absolute Gasteiger partial charge is 0.443 e. The number of nitrogens with zero attached hydrogens (tertiary/aromatic N) is 3. The Kier molecular flexibility index (Phi) is 7.27. The molecule has 12 nitrogen and oxygen atoms in total. The highest BCUT2D eigenvalue weighted by molar-refractivity contribution is 7.85. The molecule has 40 heavy (non-hydrogen) atoms. The molecule has 4 atom stereocenters. The first-order valence-corrected chi connectivity index (χ1v) is 14.5. The van der Waals surface area contributed by atoms with Crippen molar-refractivity contribution in [2.75, 3.05) is 11.9 Å². The number of rotatable bonds is 7. The van der Waals surface area contributed by atoms with Gasteiger partial charge in [0.15, 0.2) is 11.4 Å². The molecular formula is C27H35N5O7S. The second kappa shape index (κ2) is 10.3. The van der Waals surface area contributed by atoms with Crippen molar-refractivity contribution in [1.82, 2.24) is 19.3 Å². The molecule has 0 unspecified atom stereocenters. The molecule has 2 aliphatic rings. The monoisotopic (exact) mass is 573 g/mol. The molecule has 1 aliphatic heterocycles. The van der Waals surface area contributed by atoms with Crippen LogP contribution in [0.2, 0.25) is 0 Å². The van der Waals surface area contributed by atoms with Gasteiger partial charge in [-0.1, -0.05) is 23.8 Å².